The normalized spacial score (nSPS) is 15.1. The lowest BCUT2D eigenvalue weighted by atomic mass is 9.83. The van der Waals surface area contributed by atoms with Gasteiger partial charge in [-0.1, -0.05) is 54.6 Å². The Morgan fingerprint density at radius 1 is 1.09 bits per heavy atom. The average Bonchev–Trinajstić information content (AvgIpc) is 2.83. The van der Waals surface area contributed by atoms with Crippen LogP contribution >= 0.6 is 0 Å². The predicted octanol–water partition coefficient (Wildman–Crippen LogP) is 4.48. The van der Waals surface area contributed by atoms with Crippen LogP contribution in [0.25, 0.3) is 22.1 Å². The molecule has 5 rings (SSSR count). The molecule has 2 heterocycles. The number of hydrogen-bond acceptors (Lipinski definition) is 6. The number of fused-ring (bicyclic) bond motifs is 3. The number of aryl methyl sites for hydroxylation is 1. The lowest BCUT2D eigenvalue weighted by Gasteiger charge is -2.26. The predicted molar refractivity (Wildman–Crippen MR) is 124 cm³/mol. The fourth-order valence-electron chi connectivity index (χ4n) is 4.35. The number of allylic oxidation sites excluding steroid dienone is 1. The standard InChI is InChI=1S/C27H20N2O4/c1-15-4-2-3-5-19(15)17-7-9-18(10-8-17)23-21(13-28)26(29)33-25-20-11-6-16(14-30)12-22(20)32-27(31)24(23)25/h2-12,23,30H,14,29H2,1H3. The Kier molecular flexibility index (Phi) is 4.97. The molecule has 0 radical (unpaired) electrons. The number of aliphatic hydroxyl groups is 1. The molecule has 162 valence electrons. The number of nitriles is 1. The van der Waals surface area contributed by atoms with Crippen LogP contribution in [0.4, 0.5) is 0 Å². The maximum Gasteiger partial charge on any atom is 0.344 e. The van der Waals surface area contributed by atoms with Gasteiger partial charge >= 0.3 is 5.63 Å². The van der Waals surface area contributed by atoms with Gasteiger partial charge in [0, 0.05) is 0 Å². The van der Waals surface area contributed by atoms with Gasteiger partial charge in [0.15, 0.2) is 5.75 Å². The van der Waals surface area contributed by atoms with E-state index in [1.165, 1.54) is 0 Å². The van der Waals surface area contributed by atoms with Gasteiger partial charge in [-0.2, -0.15) is 5.26 Å². The number of hydrogen-bond donors (Lipinski definition) is 2. The molecular formula is C27H20N2O4. The van der Waals surface area contributed by atoms with Gasteiger partial charge < -0.3 is 20.0 Å². The molecule has 33 heavy (non-hydrogen) atoms. The second kappa shape index (κ2) is 7.97. The van der Waals surface area contributed by atoms with Crippen LogP contribution in [0, 0.1) is 18.3 Å². The first-order valence-corrected chi connectivity index (χ1v) is 10.5. The van der Waals surface area contributed by atoms with Crippen molar-refractivity contribution in [2.45, 2.75) is 19.4 Å². The molecule has 0 aliphatic carbocycles. The van der Waals surface area contributed by atoms with Gasteiger partial charge in [-0.05, 0) is 46.9 Å². The fourth-order valence-corrected chi connectivity index (χ4v) is 4.35. The van der Waals surface area contributed by atoms with Gasteiger partial charge in [-0.3, -0.25) is 0 Å². The van der Waals surface area contributed by atoms with Crippen LogP contribution in [-0.2, 0) is 6.61 Å². The lowest BCUT2D eigenvalue weighted by molar-refractivity contribution is 0.282. The third-order valence-electron chi connectivity index (χ3n) is 6.02. The maximum absolute atomic E-state index is 13.1. The van der Waals surface area contributed by atoms with Gasteiger partial charge in [-0.15, -0.1) is 0 Å². The van der Waals surface area contributed by atoms with E-state index >= 15 is 0 Å². The summed E-state index contributed by atoms with van der Waals surface area (Å²) in [7, 11) is 0. The first kappa shape index (κ1) is 20.6. The molecule has 0 bridgehead atoms. The van der Waals surface area contributed by atoms with Gasteiger partial charge in [0.2, 0.25) is 5.88 Å². The number of nitrogens with two attached hydrogens (primary N) is 1. The Bertz CT molecular complexity index is 1530. The molecule has 3 aromatic carbocycles. The molecule has 0 amide bonds. The molecule has 6 nitrogen and oxygen atoms in total. The number of benzene rings is 3. The zero-order valence-electron chi connectivity index (χ0n) is 17.8. The van der Waals surface area contributed by atoms with Gasteiger partial charge in [-0.25, -0.2) is 4.79 Å². The van der Waals surface area contributed by atoms with Crippen LogP contribution in [-0.4, -0.2) is 5.11 Å². The van der Waals surface area contributed by atoms with Crippen molar-refractivity contribution in [3.8, 4) is 22.9 Å². The van der Waals surface area contributed by atoms with E-state index in [0.717, 1.165) is 22.3 Å². The molecule has 4 aromatic rings. The van der Waals surface area contributed by atoms with E-state index in [4.69, 9.17) is 14.9 Å². The molecule has 0 saturated heterocycles. The minimum Gasteiger partial charge on any atom is -0.439 e. The molecule has 1 aromatic heterocycles. The van der Waals surface area contributed by atoms with Crippen molar-refractivity contribution in [3.05, 3.63) is 111 Å². The summed E-state index contributed by atoms with van der Waals surface area (Å²) in [6.45, 7) is 1.86. The summed E-state index contributed by atoms with van der Waals surface area (Å²) in [5.74, 6) is -0.492. The highest BCUT2D eigenvalue weighted by atomic mass is 16.5. The third-order valence-corrected chi connectivity index (χ3v) is 6.02. The Labute approximate surface area is 189 Å². The summed E-state index contributed by atoms with van der Waals surface area (Å²) in [6.07, 6.45) is 0. The monoisotopic (exact) mass is 436 g/mol. The van der Waals surface area contributed by atoms with E-state index in [2.05, 4.69) is 6.07 Å². The fraction of sp³-hybridized carbons (Fsp3) is 0.111. The molecule has 6 heteroatoms. The van der Waals surface area contributed by atoms with Crippen molar-refractivity contribution >= 4 is 11.0 Å². The summed E-state index contributed by atoms with van der Waals surface area (Å²) in [5.41, 5.74) is 10.8. The van der Waals surface area contributed by atoms with E-state index in [-0.39, 0.29) is 35.0 Å². The van der Waals surface area contributed by atoms with Crippen LogP contribution in [0.15, 0.2) is 87.4 Å². The number of aliphatic hydroxyl groups excluding tert-OH is 1. The van der Waals surface area contributed by atoms with E-state index < -0.39 is 11.5 Å². The minimum atomic E-state index is -0.720. The Balaban J connectivity index is 1.70. The Hall–Kier alpha value is -4.34. The molecule has 1 aliphatic heterocycles. The quantitative estimate of drug-likeness (QED) is 0.458. The number of nitrogens with zero attached hydrogens (tertiary/aromatic N) is 1. The van der Waals surface area contributed by atoms with Gasteiger partial charge in [0.1, 0.15) is 17.2 Å². The highest BCUT2D eigenvalue weighted by Crippen LogP contribution is 2.43. The maximum atomic E-state index is 13.1. The van der Waals surface area contributed by atoms with Gasteiger partial charge in [0.05, 0.1) is 23.5 Å². The van der Waals surface area contributed by atoms with E-state index in [9.17, 15) is 15.2 Å². The van der Waals surface area contributed by atoms with Crippen molar-refractivity contribution in [1.29, 1.82) is 5.26 Å². The molecule has 0 saturated carbocycles. The van der Waals surface area contributed by atoms with E-state index in [0.29, 0.717) is 10.9 Å². The Morgan fingerprint density at radius 2 is 1.85 bits per heavy atom. The molecule has 0 spiro atoms. The molecule has 1 atom stereocenters. The van der Waals surface area contributed by atoms with E-state index in [1.807, 2.05) is 55.5 Å². The van der Waals surface area contributed by atoms with Crippen molar-refractivity contribution in [3.63, 3.8) is 0 Å². The second-order valence-electron chi connectivity index (χ2n) is 7.98. The minimum absolute atomic E-state index is 0.0453. The number of rotatable bonds is 3. The van der Waals surface area contributed by atoms with Crippen molar-refractivity contribution in [2.75, 3.05) is 0 Å². The van der Waals surface area contributed by atoms with Crippen LogP contribution in [0.1, 0.15) is 28.2 Å². The summed E-state index contributed by atoms with van der Waals surface area (Å²) in [5, 5.41) is 19.8. The zero-order chi connectivity index (χ0) is 23.1. The molecule has 3 N–H and O–H groups in total. The highest BCUT2D eigenvalue weighted by molar-refractivity contribution is 5.86. The van der Waals surface area contributed by atoms with Crippen LogP contribution in [0.2, 0.25) is 0 Å². The molecular weight excluding hydrogens is 416 g/mol. The van der Waals surface area contributed by atoms with Crippen molar-refractivity contribution in [1.82, 2.24) is 0 Å². The first-order chi connectivity index (χ1) is 16.0. The average molecular weight is 436 g/mol. The summed E-state index contributed by atoms with van der Waals surface area (Å²) >= 11 is 0. The molecule has 1 unspecified atom stereocenters. The van der Waals surface area contributed by atoms with Crippen LogP contribution < -0.4 is 16.1 Å². The van der Waals surface area contributed by atoms with Crippen molar-refractivity contribution < 1.29 is 14.3 Å². The summed E-state index contributed by atoms with van der Waals surface area (Å²) in [4.78, 5) is 13.1. The number of ether oxygens (including phenoxy) is 1. The molecule has 0 fully saturated rings. The summed E-state index contributed by atoms with van der Waals surface area (Å²) in [6, 6.07) is 22.9. The van der Waals surface area contributed by atoms with E-state index in [1.54, 1.807) is 18.2 Å². The smallest absolute Gasteiger partial charge is 0.344 e. The first-order valence-electron chi connectivity index (χ1n) is 10.5. The van der Waals surface area contributed by atoms with Crippen molar-refractivity contribution in [2.24, 2.45) is 5.73 Å². The Morgan fingerprint density at radius 3 is 2.55 bits per heavy atom. The largest absolute Gasteiger partial charge is 0.439 e. The molecule has 1 aliphatic rings. The lowest BCUT2D eigenvalue weighted by Crippen LogP contribution is -2.26. The van der Waals surface area contributed by atoms with Crippen LogP contribution in [0.5, 0.6) is 5.75 Å². The SMILES string of the molecule is Cc1ccccc1-c1ccc(C2C(C#N)=C(N)Oc3c2c(=O)oc2cc(CO)ccc32)cc1. The highest BCUT2D eigenvalue weighted by Gasteiger charge is 2.35. The van der Waals surface area contributed by atoms with Crippen LogP contribution in [0.3, 0.4) is 0 Å². The van der Waals surface area contributed by atoms with Gasteiger partial charge in [0.25, 0.3) is 0 Å². The second-order valence-corrected chi connectivity index (χ2v) is 7.98. The zero-order valence-corrected chi connectivity index (χ0v) is 17.8. The summed E-state index contributed by atoms with van der Waals surface area (Å²) < 4.78 is 11.3. The third kappa shape index (κ3) is 3.36. The topological polar surface area (TPSA) is 109 Å².